The molecule has 1 saturated heterocycles. The zero-order chi connectivity index (χ0) is 16.6. The van der Waals surface area contributed by atoms with Crippen molar-refractivity contribution in [1.29, 1.82) is 0 Å². The van der Waals surface area contributed by atoms with Crippen LogP contribution < -0.4 is 0 Å². The van der Waals surface area contributed by atoms with Crippen molar-refractivity contribution < 1.29 is 13.2 Å². The fourth-order valence-electron chi connectivity index (χ4n) is 2.94. The van der Waals surface area contributed by atoms with Crippen LogP contribution >= 0.6 is 11.6 Å². The maximum absolute atomic E-state index is 12.7. The van der Waals surface area contributed by atoms with E-state index in [0.29, 0.717) is 23.9 Å². The van der Waals surface area contributed by atoms with E-state index in [4.69, 9.17) is 11.6 Å². The van der Waals surface area contributed by atoms with Crippen molar-refractivity contribution >= 4 is 11.6 Å². The van der Waals surface area contributed by atoms with Crippen molar-refractivity contribution in [3.8, 4) is 0 Å². The smallest absolute Gasteiger partial charge is 0.338 e. The van der Waals surface area contributed by atoms with E-state index in [1.807, 2.05) is 7.05 Å². The number of aryl methyl sites for hydroxylation is 1. The lowest BCUT2D eigenvalue weighted by molar-refractivity contribution is -0.141. The molecule has 3 heterocycles. The summed E-state index contributed by atoms with van der Waals surface area (Å²) in [5.74, 6) is 0.366. The summed E-state index contributed by atoms with van der Waals surface area (Å²) < 4.78 is 39.8. The first kappa shape index (κ1) is 16.3. The van der Waals surface area contributed by atoms with E-state index in [1.165, 1.54) is 0 Å². The Labute approximate surface area is 136 Å². The molecule has 0 bridgehead atoms. The maximum Gasteiger partial charge on any atom is 0.432 e. The van der Waals surface area contributed by atoms with E-state index in [0.717, 1.165) is 31.3 Å². The number of hydrogen-bond acceptors (Lipinski definition) is 3. The summed E-state index contributed by atoms with van der Waals surface area (Å²) >= 11 is 6.12. The minimum Gasteiger partial charge on any atom is -0.338 e. The number of nitrogens with zero attached hydrogens (tertiary/aromatic N) is 4. The number of aromatic nitrogens is 4. The van der Waals surface area contributed by atoms with Gasteiger partial charge in [0.25, 0.3) is 0 Å². The zero-order valence-electron chi connectivity index (χ0n) is 12.6. The maximum atomic E-state index is 12.7. The molecule has 0 radical (unpaired) electrons. The molecule has 1 aliphatic heterocycles. The first-order valence-electron chi connectivity index (χ1n) is 7.35. The van der Waals surface area contributed by atoms with Crippen LogP contribution in [0.3, 0.4) is 0 Å². The van der Waals surface area contributed by atoms with Gasteiger partial charge in [-0.15, -0.1) is 0 Å². The van der Waals surface area contributed by atoms with Gasteiger partial charge in [-0.25, -0.2) is 4.98 Å². The molecule has 1 fully saturated rings. The van der Waals surface area contributed by atoms with Gasteiger partial charge < -0.3 is 4.98 Å². The standard InChI is InChI=1S/C14H17ClF3N5/c1-22-11(10(15)5-20-22)8-23-4-2-3-9(7-23)13-19-6-12(21-13)14(16,17)18/h5-6,9H,2-4,7-8H2,1H3,(H,19,21)/t9-/m1/s1. The molecule has 2 aromatic heterocycles. The van der Waals surface area contributed by atoms with Crippen molar-refractivity contribution in [2.24, 2.45) is 7.05 Å². The fraction of sp³-hybridized carbons (Fsp3) is 0.571. The van der Waals surface area contributed by atoms with Crippen LogP contribution in [0.1, 0.15) is 36.0 Å². The molecule has 5 nitrogen and oxygen atoms in total. The number of rotatable bonds is 3. The van der Waals surface area contributed by atoms with Gasteiger partial charge in [-0.1, -0.05) is 11.6 Å². The molecule has 0 spiro atoms. The number of hydrogen-bond donors (Lipinski definition) is 1. The Bertz CT molecular complexity index is 659. The molecule has 1 atom stereocenters. The molecular weight excluding hydrogens is 331 g/mol. The number of imidazole rings is 1. The second kappa shape index (κ2) is 6.16. The monoisotopic (exact) mass is 347 g/mol. The third-order valence-corrected chi connectivity index (χ3v) is 4.49. The molecular formula is C14H17ClF3N5. The SMILES string of the molecule is Cn1ncc(Cl)c1CN1CCC[C@@H](c2ncc(C(F)(F)F)[nH]2)C1. The van der Waals surface area contributed by atoms with Crippen LogP contribution in [0.2, 0.25) is 5.02 Å². The highest BCUT2D eigenvalue weighted by Crippen LogP contribution is 2.31. The van der Waals surface area contributed by atoms with Gasteiger partial charge in [-0.3, -0.25) is 9.58 Å². The number of H-pyrrole nitrogens is 1. The van der Waals surface area contributed by atoms with Crippen LogP contribution in [0, 0.1) is 0 Å². The van der Waals surface area contributed by atoms with E-state index < -0.39 is 11.9 Å². The van der Waals surface area contributed by atoms with Gasteiger partial charge in [0, 0.05) is 26.1 Å². The average Bonchev–Trinajstić information content (AvgIpc) is 3.10. The Morgan fingerprint density at radius 1 is 1.39 bits per heavy atom. The third kappa shape index (κ3) is 3.53. The van der Waals surface area contributed by atoms with Gasteiger partial charge in [0.1, 0.15) is 11.5 Å². The van der Waals surface area contributed by atoms with Gasteiger partial charge in [0.05, 0.1) is 23.1 Å². The van der Waals surface area contributed by atoms with Gasteiger partial charge >= 0.3 is 6.18 Å². The lowest BCUT2D eigenvalue weighted by Gasteiger charge is -2.31. The molecule has 0 saturated carbocycles. The first-order chi connectivity index (χ1) is 10.8. The van der Waals surface area contributed by atoms with E-state index in [2.05, 4.69) is 20.0 Å². The molecule has 9 heteroatoms. The highest BCUT2D eigenvalue weighted by atomic mass is 35.5. The third-order valence-electron chi connectivity index (χ3n) is 4.18. The summed E-state index contributed by atoms with van der Waals surface area (Å²) in [6, 6.07) is 0. The highest BCUT2D eigenvalue weighted by molar-refractivity contribution is 6.31. The van der Waals surface area contributed by atoms with Crippen molar-refractivity contribution in [2.45, 2.75) is 31.5 Å². The summed E-state index contributed by atoms with van der Waals surface area (Å²) in [6.45, 7) is 2.15. The molecule has 1 N–H and O–H groups in total. The lowest BCUT2D eigenvalue weighted by atomic mass is 9.97. The quantitative estimate of drug-likeness (QED) is 0.927. The van der Waals surface area contributed by atoms with Crippen molar-refractivity contribution in [3.63, 3.8) is 0 Å². The van der Waals surface area contributed by atoms with Gasteiger partial charge in [0.2, 0.25) is 0 Å². The van der Waals surface area contributed by atoms with Crippen LogP contribution in [0.25, 0.3) is 0 Å². The predicted molar refractivity (Wildman–Crippen MR) is 79.1 cm³/mol. The molecule has 23 heavy (non-hydrogen) atoms. The molecule has 0 amide bonds. The molecule has 3 rings (SSSR count). The van der Waals surface area contributed by atoms with Gasteiger partial charge in [-0.05, 0) is 19.4 Å². The van der Waals surface area contributed by atoms with Crippen LogP contribution in [0.5, 0.6) is 0 Å². The fourth-order valence-corrected chi connectivity index (χ4v) is 3.16. The summed E-state index contributed by atoms with van der Waals surface area (Å²) in [7, 11) is 1.82. The van der Waals surface area contributed by atoms with Crippen molar-refractivity contribution in [1.82, 2.24) is 24.6 Å². The topological polar surface area (TPSA) is 49.7 Å². The second-order valence-corrected chi connectivity index (χ2v) is 6.22. The Morgan fingerprint density at radius 2 is 2.17 bits per heavy atom. The molecule has 2 aromatic rings. The molecule has 0 unspecified atom stereocenters. The highest BCUT2D eigenvalue weighted by Gasteiger charge is 2.34. The largest absolute Gasteiger partial charge is 0.432 e. The summed E-state index contributed by atoms with van der Waals surface area (Å²) in [5.41, 5.74) is 0.113. The zero-order valence-corrected chi connectivity index (χ0v) is 13.3. The van der Waals surface area contributed by atoms with Crippen LogP contribution in [-0.2, 0) is 19.8 Å². The van der Waals surface area contributed by atoms with E-state index in [-0.39, 0.29) is 5.92 Å². The van der Waals surface area contributed by atoms with Gasteiger partial charge in [-0.2, -0.15) is 18.3 Å². The van der Waals surface area contributed by atoms with Crippen molar-refractivity contribution in [3.05, 3.63) is 34.6 Å². The number of halogens is 4. The Balaban J connectivity index is 1.70. The second-order valence-electron chi connectivity index (χ2n) is 5.82. The van der Waals surface area contributed by atoms with E-state index in [1.54, 1.807) is 10.9 Å². The van der Waals surface area contributed by atoms with Crippen LogP contribution in [0.4, 0.5) is 13.2 Å². The minimum atomic E-state index is -4.39. The van der Waals surface area contributed by atoms with Gasteiger partial charge in [0.15, 0.2) is 0 Å². The lowest BCUT2D eigenvalue weighted by Crippen LogP contribution is -2.35. The van der Waals surface area contributed by atoms with Crippen LogP contribution in [0.15, 0.2) is 12.4 Å². The summed E-state index contributed by atoms with van der Waals surface area (Å²) in [4.78, 5) is 8.52. The molecule has 0 aliphatic carbocycles. The first-order valence-corrected chi connectivity index (χ1v) is 7.73. The average molecular weight is 348 g/mol. The number of aromatic amines is 1. The normalized spacial score (nSPS) is 20.1. The molecule has 0 aromatic carbocycles. The van der Waals surface area contributed by atoms with Crippen molar-refractivity contribution in [2.75, 3.05) is 13.1 Å². The van der Waals surface area contributed by atoms with E-state index in [9.17, 15) is 13.2 Å². The summed E-state index contributed by atoms with van der Waals surface area (Å²) in [6.07, 6.45) is -0.197. The predicted octanol–water partition coefficient (Wildman–Crippen LogP) is 3.20. The van der Waals surface area contributed by atoms with Crippen LogP contribution in [-0.4, -0.2) is 37.7 Å². The Morgan fingerprint density at radius 3 is 2.78 bits per heavy atom. The molecule has 1 aliphatic rings. The Hall–Kier alpha value is -1.54. The Kier molecular flexibility index (Phi) is 4.37. The minimum absolute atomic E-state index is 0.0353. The number of piperidine rings is 1. The van der Waals surface area contributed by atoms with E-state index >= 15 is 0 Å². The molecule has 126 valence electrons. The summed E-state index contributed by atoms with van der Waals surface area (Å²) in [5, 5.41) is 4.71. The number of alkyl halides is 3. The number of likely N-dealkylation sites (tertiary alicyclic amines) is 1. The number of nitrogens with one attached hydrogen (secondary N) is 1.